The van der Waals surface area contributed by atoms with E-state index >= 15 is 0 Å². The molecule has 0 bridgehead atoms. The van der Waals surface area contributed by atoms with Gasteiger partial charge in [0.2, 0.25) is 0 Å². The van der Waals surface area contributed by atoms with Crippen LogP contribution in [0.2, 0.25) is 0 Å². The minimum absolute atomic E-state index is 0.0727. The molecule has 0 rings (SSSR count). The van der Waals surface area contributed by atoms with Gasteiger partial charge in [-0.15, -0.1) is 0 Å². The first-order valence-electron chi connectivity index (χ1n) is 7.42. The summed E-state index contributed by atoms with van der Waals surface area (Å²) in [6.45, 7) is 14.4. The highest BCUT2D eigenvalue weighted by Gasteiger charge is 2.15. The number of hydrogen-bond donors (Lipinski definition) is 1. The van der Waals surface area contributed by atoms with E-state index in [2.05, 4.69) is 37.5 Å². The van der Waals surface area contributed by atoms with Crippen LogP contribution >= 0.6 is 0 Å². The van der Waals surface area contributed by atoms with E-state index in [9.17, 15) is 5.11 Å². The van der Waals surface area contributed by atoms with Crippen molar-refractivity contribution in [3.8, 4) is 0 Å². The number of likely N-dealkylation sites (N-methyl/N-ethyl adjacent to an activating group) is 1. The zero-order valence-corrected chi connectivity index (χ0v) is 12.7. The smallest absolute Gasteiger partial charge is 0.133 e. The molecule has 0 aromatic rings. The molecule has 0 saturated carbocycles. The Morgan fingerprint density at radius 2 is 1.50 bits per heavy atom. The van der Waals surface area contributed by atoms with Crippen molar-refractivity contribution in [3.05, 3.63) is 0 Å². The van der Waals surface area contributed by atoms with E-state index in [1.54, 1.807) is 0 Å². The van der Waals surface area contributed by atoms with Crippen LogP contribution in [-0.2, 0) is 4.74 Å². The fourth-order valence-electron chi connectivity index (χ4n) is 2.19. The predicted molar refractivity (Wildman–Crippen MR) is 76.8 cm³/mol. The molecule has 0 saturated heterocycles. The molecule has 4 nitrogen and oxygen atoms in total. The third kappa shape index (κ3) is 7.31. The molecule has 0 aromatic carbocycles. The third-order valence-corrected chi connectivity index (χ3v) is 3.17. The van der Waals surface area contributed by atoms with E-state index in [0.717, 1.165) is 32.7 Å². The zero-order valence-electron chi connectivity index (χ0n) is 12.7. The van der Waals surface area contributed by atoms with Crippen molar-refractivity contribution in [1.29, 1.82) is 0 Å². The van der Waals surface area contributed by atoms with E-state index in [4.69, 9.17) is 4.74 Å². The molecule has 0 heterocycles. The predicted octanol–water partition coefficient (Wildman–Crippen LogP) is 1.79. The average Bonchev–Trinajstić information content (AvgIpc) is 2.38. The molecule has 0 aliphatic rings. The number of hydrogen-bond acceptors (Lipinski definition) is 4. The minimum Gasteiger partial charge on any atom is -0.392 e. The van der Waals surface area contributed by atoms with Crippen molar-refractivity contribution in [1.82, 2.24) is 9.80 Å². The van der Waals surface area contributed by atoms with Crippen LogP contribution in [0.3, 0.4) is 0 Å². The lowest BCUT2D eigenvalue weighted by Crippen LogP contribution is -2.41. The summed E-state index contributed by atoms with van der Waals surface area (Å²) in [5.41, 5.74) is 0. The number of ether oxygens (including phenoxy) is 1. The summed E-state index contributed by atoms with van der Waals surface area (Å²) in [5.74, 6) is 0. The molecule has 0 amide bonds. The Balaban J connectivity index is 3.95. The van der Waals surface area contributed by atoms with E-state index < -0.39 is 0 Å². The highest BCUT2D eigenvalue weighted by Crippen LogP contribution is 2.02. The largest absolute Gasteiger partial charge is 0.392 e. The van der Waals surface area contributed by atoms with Crippen LogP contribution in [0.1, 0.15) is 40.5 Å². The third-order valence-electron chi connectivity index (χ3n) is 3.17. The lowest BCUT2D eigenvalue weighted by atomic mass is 10.3. The van der Waals surface area contributed by atoms with Gasteiger partial charge < -0.3 is 14.7 Å². The maximum Gasteiger partial charge on any atom is 0.133 e. The second-order valence-corrected chi connectivity index (χ2v) is 4.57. The van der Waals surface area contributed by atoms with Crippen LogP contribution < -0.4 is 0 Å². The first-order valence-corrected chi connectivity index (χ1v) is 7.42. The maximum absolute atomic E-state index is 9.35. The van der Waals surface area contributed by atoms with Gasteiger partial charge in [-0.25, -0.2) is 0 Å². The van der Waals surface area contributed by atoms with Crippen LogP contribution in [0.4, 0.5) is 0 Å². The highest BCUT2D eigenvalue weighted by atomic mass is 16.5. The van der Waals surface area contributed by atoms with Gasteiger partial charge in [0.1, 0.15) is 6.23 Å². The van der Waals surface area contributed by atoms with Crippen molar-refractivity contribution in [2.45, 2.75) is 46.8 Å². The molecule has 0 aliphatic heterocycles. The fourth-order valence-corrected chi connectivity index (χ4v) is 2.19. The van der Waals surface area contributed by atoms with Crippen molar-refractivity contribution in [2.24, 2.45) is 0 Å². The quantitative estimate of drug-likeness (QED) is 0.543. The summed E-state index contributed by atoms with van der Waals surface area (Å²) in [6, 6.07) is 0. The maximum atomic E-state index is 9.35. The summed E-state index contributed by atoms with van der Waals surface area (Å²) in [5, 5.41) is 9.35. The highest BCUT2D eigenvalue weighted by molar-refractivity contribution is 4.60. The van der Waals surface area contributed by atoms with Crippen LogP contribution in [0, 0.1) is 0 Å². The number of aliphatic hydroxyl groups is 1. The second-order valence-electron chi connectivity index (χ2n) is 4.57. The Hall–Kier alpha value is -0.160. The molecule has 110 valence electrons. The summed E-state index contributed by atoms with van der Waals surface area (Å²) in [6.07, 6.45) is 2.21. The van der Waals surface area contributed by atoms with Gasteiger partial charge in [0, 0.05) is 6.54 Å². The molecule has 0 spiro atoms. The number of rotatable bonds is 12. The first-order chi connectivity index (χ1) is 8.73. The van der Waals surface area contributed by atoms with Crippen molar-refractivity contribution < 1.29 is 9.84 Å². The van der Waals surface area contributed by atoms with E-state index in [0.29, 0.717) is 6.61 Å². The van der Waals surface area contributed by atoms with Gasteiger partial charge in [-0.3, -0.25) is 4.90 Å². The molecule has 0 aromatic heterocycles. The lowest BCUT2D eigenvalue weighted by molar-refractivity contribution is -0.0872. The van der Waals surface area contributed by atoms with Crippen LogP contribution in [0.5, 0.6) is 0 Å². The standard InChI is InChI=1S/C14H32N2O2/c1-5-9-15(10-6-2)11-12-18-14(13-17)16(7-3)8-4/h14,17H,5-13H2,1-4H3. The molecule has 0 radical (unpaired) electrons. The topological polar surface area (TPSA) is 35.9 Å². The van der Waals surface area contributed by atoms with Gasteiger partial charge in [0.05, 0.1) is 13.2 Å². The molecule has 0 aliphatic carbocycles. The first kappa shape index (κ1) is 17.8. The summed E-state index contributed by atoms with van der Waals surface area (Å²) >= 11 is 0. The van der Waals surface area contributed by atoms with Gasteiger partial charge >= 0.3 is 0 Å². The van der Waals surface area contributed by atoms with Gasteiger partial charge in [-0.2, -0.15) is 0 Å². The van der Waals surface area contributed by atoms with Gasteiger partial charge in [0.15, 0.2) is 0 Å². The van der Waals surface area contributed by atoms with Crippen LogP contribution in [-0.4, -0.2) is 67.1 Å². The Morgan fingerprint density at radius 1 is 0.944 bits per heavy atom. The molecule has 0 fully saturated rings. The van der Waals surface area contributed by atoms with Crippen molar-refractivity contribution in [2.75, 3.05) is 45.9 Å². The Labute approximate surface area is 113 Å². The van der Waals surface area contributed by atoms with Crippen molar-refractivity contribution in [3.63, 3.8) is 0 Å². The zero-order chi connectivity index (χ0) is 13.8. The molecule has 1 atom stereocenters. The van der Waals surface area contributed by atoms with Gasteiger partial charge in [-0.1, -0.05) is 27.7 Å². The second kappa shape index (κ2) is 11.9. The van der Waals surface area contributed by atoms with E-state index in [1.807, 2.05) is 0 Å². The van der Waals surface area contributed by atoms with Gasteiger partial charge in [-0.05, 0) is 39.0 Å². The van der Waals surface area contributed by atoms with E-state index in [1.165, 1.54) is 12.8 Å². The number of aliphatic hydroxyl groups excluding tert-OH is 1. The minimum atomic E-state index is -0.148. The van der Waals surface area contributed by atoms with Crippen LogP contribution in [0.25, 0.3) is 0 Å². The molecule has 4 heteroatoms. The van der Waals surface area contributed by atoms with Crippen LogP contribution in [0.15, 0.2) is 0 Å². The summed E-state index contributed by atoms with van der Waals surface area (Å²) in [7, 11) is 0. The molecule has 18 heavy (non-hydrogen) atoms. The average molecular weight is 260 g/mol. The monoisotopic (exact) mass is 260 g/mol. The fraction of sp³-hybridized carbons (Fsp3) is 1.00. The lowest BCUT2D eigenvalue weighted by Gasteiger charge is -2.29. The summed E-state index contributed by atoms with van der Waals surface area (Å²) < 4.78 is 5.79. The normalized spacial score (nSPS) is 13.5. The SMILES string of the molecule is CCCN(CCC)CCOC(CO)N(CC)CC. The molecular weight excluding hydrogens is 228 g/mol. The molecule has 1 N–H and O–H groups in total. The van der Waals surface area contributed by atoms with E-state index in [-0.39, 0.29) is 12.8 Å². The van der Waals surface area contributed by atoms with Crippen molar-refractivity contribution >= 4 is 0 Å². The molecular formula is C14H32N2O2. The van der Waals surface area contributed by atoms with Gasteiger partial charge in [0.25, 0.3) is 0 Å². The Bertz CT molecular complexity index is 169. The molecule has 1 unspecified atom stereocenters. The number of nitrogens with zero attached hydrogens (tertiary/aromatic N) is 2. The summed E-state index contributed by atoms with van der Waals surface area (Å²) in [4.78, 5) is 4.57. The Kier molecular flexibility index (Phi) is 11.8. The Morgan fingerprint density at radius 3 is 1.89 bits per heavy atom.